The van der Waals surface area contributed by atoms with Crippen molar-refractivity contribution in [2.45, 2.75) is 25.1 Å². The van der Waals surface area contributed by atoms with Crippen LogP contribution in [0.1, 0.15) is 18.4 Å². The first kappa shape index (κ1) is 22.8. The van der Waals surface area contributed by atoms with E-state index in [0.29, 0.717) is 32.1 Å². The number of amides is 3. The molecule has 3 amide bonds. The third-order valence-electron chi connectivity index (χ3n) is 4.78. The molecule has 0 radical (unpaired) electrons. The van der Waals surface area contributed by atoms with E-state index in [-0.39, 0.29) is 23.4 Å². The number of urea groups is 1. The molecule has 0 bridgehead atoms. The van der Waals surface area contributed by atoms with E-state index < -0.39 is 29.5 Å². The van der Waals surface area contributed by atoms with Crippen LogP contribution < -0.4 is 21.7 Å². The summed E-state index contributed by atoms with van der Waals surface area (Å²) in [5, 5.41) is 8.13. The monoisotopic (exact) mass is 449 g/mol. The Morgan fingerprint density at radius 3 is 2.62 bits per heavy atom. The summed E-state index contributed by atoms with van der Waals surface area (Å²) in [6.07, 6.45) is -1.63. The number of carbonyl (C=O) groups is 2. The second-order valence-electron chi connectivity index (χ2n) is 7.09. The molecule has 1 aliphatic heterocycles. The first-order valence-electron chi connectivity index (χ1n) is 9.72. The maximum absolute atomic E-state index is 13.6. The smallest absolute Gasteiger partial charge is 0.351 e. The van der Waals surface area contributed by atoms with Crippen LogP contribution in [0.2, 0.25) is 0 Å². The summed E-state index contributed by atoms with van der Waals surface area (Å²) in [7, 11) is 0. The normalized spacial score (nSPS) is 16.2. The van der Waals surface area contributed by atoms with Gasteiger partial charge < -0.3 is 26.6 Å². The molecule has 12 heteroatoms. The third kappa shape index (κ3) is 5.65. The summed E-state index contributed by atoms with van der Waals surface area (Å²) in [5.74, 6) is -1.04. The van der Waals surface area contributed by atoms with Crippen molar-refractivity contribution in [1.82, 2.24) is 14.9 Å². The molecule has 5 N–H and O–H groups in total. The molecule has 1 atom stereocenters. The lowest BCUT2D eigenvalue weighted by molar-refractivity contribution is -0.137. The number of benzene rings is 1. The first-order valence-corrected chi connectivity index (χ1v) is 9.72. The molecule has 1 aromatic carbocycles. The van der Waals surface area contributed by atoms with Crippen LogP contribution in [0.5, 0.6) is 0 Å². The molecule has 0 spiro atoms. The first-order chi connectivity index (χ1) is 15.2. The highest BCUT2D eigenvalue weighted by Gasteiger charge is 2.36. The second kappa shape index (κ2) is 9.54. The van der Waals surface area contributed by atoms with Crippen molar-refractivity contribution in [3.63, 3.8) is 0 Å². The molecular weight excluding hydrogens is 427 g/mol. The minimum atomic E-state index is -4.71. The molecule has 3 rings (SSSR count). The van der Waals surface area contributed by atoms with Gasteiger partial charge in [0.1, 0.15) is 11.4 Å². The van der Waals surface area contributed by atoms with Gasteiger partial charge in [0.2, 0.25) is 11.9 Å². The summed E-state index contributed by atoms with van der Waals surface area (Å²) >= 11 is 0. The van der Waals surface area contributed by atoms with Crippen LogP contribution in [0.25, 0.3) is 0 Å². The van der Waals surface area contributed by atoms with Gasteiger partial charge in [-0.2, -0.15) is 18.2 Å². The van der Waals surface area contributed by atoms with Crippen LogP contribution in [-0.2, 0) is 11.0 Å². The molecule has 170 valence electrons. The van der Waals surface area contributed by atoms with Crippen molar-refractivity contribution < 1.29 is 22.8 Å². The van der Waals surface area contributed by atoms with E-state index >= 15 is 0 Å². The van der Waals surface area contributed by atoms with Crippen molar-refractivity contribution in [3.8, 4) is 0 Å². The van der Waals surface area contributed by atoms with E-state index in [1.54, 1.807) is 12.1 Å². The maximum Gasteiger partial charge on any atom is 0.421 e. The van der Waals surface area contributed by atoms with Crippen molar-refractivity contribution in [2.24, 2.45) is 5.73 Å². The molecule has 32 heavy (non-hydrogen) atoms. The standard InChI is InChI=1S/C20H22F3N7O2/c1-2-16(31)27-14-7-3-4-8-15(14)28-17-13(20(21,22)23)10-25-19(29-17)26-12-6-5-9-30(11-12)18(24)32/h2-4,7-8,10,12H,1,5-6,9,11H2,(H2,24,32)(H,27,31)(H2,25,26,28,29)/t12-/m0/s1. The van der Waals surface area contributed by atoms with Crippen LogP contribution in [0.3, 0.4) is 0 Å². The van der Waals surface area contributed by atoms with Gasteiger partial charge in [0.05, 0.1) is 11.4 Å². The summed E-state index contributed by atoms with van der Waals surface area (Å²) in [5.41, 5.74) is 4.70. The number of hydrogen-bond donors (Lipinski definition) is 4. The van der Waals surface area contributed by atoms with E-state index in [0.717, 1.165) is 6.08 Å². The zero-order chi connectivity index (χ0) is 23.3. The highest BCUT2D eigenvalue weighted by atomic mass is 19.4. The SMILES string of the molecule is C=CC(=O)Nc1ccccc1Nc1nc(N[C@H]2CCCN(C(N)=O)C2)ncc1C(F)(F)F. The lowest BCUT2D eigenvalue weighted by Gasteiger charge is -2.32. The lowest BCUT2D eigenvalue weighted by Crippen LogP contribution is -2.47. The predicted molar refractivity (Wildman–Crippen MR) is 113 cm³/mol. The van der Waals surface area contributed by atoms with E-state index in [1.165, 1.54) is 17.0 Å². The van der Waals surface area contributed by atoms with Crippen molar-refractivity contribution in [2.75, 3.05) is 29.0 Å². The average Bonchev–Trinajstić information content (AvgIpc) is 2.74. The Labute approximate surface area is 181 Å². The Morgan fingerprint density at radius 1 is 1.25 bits per heavy atom. The van der Waals surface area contributed by atoms with Crippen LogP contribution in [0, 0.1) is 0 Å². The Balaban J connectivity index is 1.89. The number of rotatable bonds is 6. The highest BCUT2D eigenvalue weighted by Crippen LogP contribution is 2.36. The van der Waals surface area contributed by atoms with Gasteiger partial charge in [0.15, 0.2) is 0 Å². The number of piperidine rings is 1. The summed E-state index contributed by atoms with van der Waals surface area (Å²) < 4.78 is 40.7. The minimum absolute atomic E-state index is 0.0376. The van der Waals surface area contributed by atoms with Crippen LogP contribution in [-0.4, -0.2) is 45.9 Å². The fraction of sp³-hybridized carbons (Fsp3) is 0.300. The number of nitrogens with zero attached hydrogens (tertiary/aromatic N) is 3. The molecule has 2 aromatic rings. The Kier molecular flexibility index (Phi) is 6.81. The molecule has 1 saturated heterocycles. The minimum Gasteiger partial charge on any atom is -0.351 e. The number of halogens is 3. The Morgan fingerprint density at radius 2 is 1.97 bits per heavy atom. The van der Waals surface area contributed by atoms with Crippen LogP contribution in [0.4, 0.5) is 41.1 Å². The number of likely N-dealkylation sites (tertiary alicyclic amines) is 1. The van der Waals surface area contributed by atoms with Crippen LogP contribution in [0.15, 0.2) is 43.1 Å². The molecule has 9 nitrogen and oxygen atoms in total. The molecule has 0 saturated carbocycles. The van der Waals surface area contributed by atoms with Gasteiger partial charge in [-0.05, 0) is 31.1 Å². The van der Waals surface area contributed by atoms with Gasteiger partial charge >= 0.3 is 12.2 Å². The summed E-state index contributed by atoms with van der Waals surface area (Å²) in [6, 6.07) is 5.41. The number of carbonyl (C=O) groups excluding carboxylic acids is 2. The van der Waals surface area contributed by atoms with Crippen molar-refractivity contribution >= 4 is 35.1 Å². The van der Waals surface area contributed by atoms with Gasteiger partial charge in [0.25, 0.3) is 0 Å². The number of hydrogen-bond acceptors (Lipinski definition) is 6. The van der Waals surface area contributed by atoms with Crippen molar-refractivity contribution in [3.05, 3.63) is 48.7 Å². The van der Waals surface area contributed by atoms with E-state index in [2.05, 4.69) is 32.5 Å². The average molecular weight is 449 g/mol. The Hall–Kier alpha value is -3.83. The Bertz CT molecular complexity index is 1010. The fourth-order valence-corrected chi connectivity index (χ4v) is 3.24. The molecule has 0 aliphatic carbocycles. The predicted octanol–water partition coefficient (Wildman–Crippen LogP) is 3.32. The number of nitrogens with one attached hydrogen (secondary N) is 3. The molecule has 0 unspecified atom stereocenters. The molecule has 1 aromatic heterocycles. The molecule has 1 fully saturated rings. The maximum atomic E-state index is 13.6. The summed E-state index contributed by atoms with van der Waals surface area (Å²) in [6.45, 7) is 4.16. The van der Waals surface area contributed by atoms with E-state index in [9.17, 15) is 22.8 Å². The van der Waals surface area contributed by atoms with Gasteiger partial charge in [-0.15, -0.1) is 0 Å². The number of primary amides is 1. The third-order valence-corrected chi connectivity index (χ3v) is 4.78. The van der Waals surface area contributed by atoms with Crippen LogP contribution >= 0.6 is 0 Å². The quantitative estimate of drug-likeness (QED) is 0.502. The molecular formula is C20H22F3N7O2. The lowest BCUT2D eigenvalue weighted by atomic mass is 10.1. The van der Waals surface area contributed by atoms with Crippen molar-refractivity contribution in [1.29, 1.82) is 0 Å². The zero-order valence-corrected chi connectivity index (χ0v) is 16.9. The van der Waals surface area contributed by atoms with E-state index in [1.807, 2.05) is 0 Å². The van der Waals surface area contributed by atoms with Gasteiger partial charge in [0, 0.05) is 25.3 Å². The number of aromatic nitrogens is 2. The number of para-hydroxylation sites is 2. The van der Waals surface area contributed by atoms with Gasteiger partial charge in [-0.1, -0.05) is 18.7 Å². The largest absolute Gasteiger partial charge is 0.421 e. The highest BCUT2D eigenvalue weighted by molar-refractivity contribution is 6.01. The molecule has 2 heterocycles. The zero-order valence-electron chi connectivity index (χ0n) is 16.9. The number of anilines is 4. The fourth-order valence-electron chi connectivity index (χ4n) is 3.24. The summed E-state index contributed by atoms with van der Waals surface area (Å²) in [4.78, 5) is 32.3. The van der Waals surface area contributed by atoms with Gasteiger partial charge in [-0.25, -0.2) is 9.78 Å². The number of nitrogens with two attached hydrogens (primary N) is 1. The topological polar surface area (TPSA) is 125 Å². The molecule has 1 aliphatic rings. The second-order valence-corrected chi connectivity index (χ2v) is 7.09. The van der Waals surface area contributed by atoms with E-state index in [4.69, 9.17) is 5.73 Å². The van der Waals surface area contributed by atoms with Gasteiger partial charge in [-0.3, -0.25) is 4.79 Å². The number of alkyl halides is 3.